The van der Waals surface area contributed by atoms with Crippen LogP contribution in [0.3, 0.4) is 0 Å². The van der Waals surface area contributed by atoms with Crippen molar-refractivity contribution in [1.82, 2.24) is 0 Å². The molecule has 0 N–H and O–H groups in total. The summed E-state index contributed by atoms with van der Waals surface area (Å²) in [6.45, 7) is 16.0. The van der Waals surface area contributed by atoms with Gasteiger partial charge < -0.3 is 17.3 Å². The fourth-order valence-electron chi connectivity index (χ4n) is 7.18. The summed E-state index contributed by atoms with van der Waals surface area (Å²) in [4.78, 5) is 2.56. The zero-order valence-electron chi connectivity index (χ0n) is 25.6. The van der Waals surface area contributed by atoms with Crippen LogP contribution in [-0.2, 0) is 10.8 Å². The molecule has 0 aliphatic carbocycles. The lowest BCUT2D eigenvalue weighted by Crippen LogP contribution is -3.00. The van der Waals surface area contributed by atoms with Gasteiger partial charge in [0.2, 0.25) is 5.69 Å². The van der Waals surface area contributed by atoms with E-state index in [2.05, 4.69) is 142 Å². The van der Waals surface area contributed by atoms with E-state index in [1.54, 1.807) is 0 Å². The fraction of sp³-hybridized carbons (Fsp3) is 0.432. The van der Waals surface area contributed by atoms with Crippen LogP contribution in [0.25, 0.3) is 0 Å². The highest BCUT2D eigenvalue weighted by Gasteiger charge is 2.48. The summed E-state index contributed by atoms with van der Waals surface area (Å²) in [5, 5.41) is 0. The van der Waals surface area contributed by atoms with E-state index in [1.165, 1.54) is 33.9 Å². The molecule has 0 radical (unpaired) electrons. The number of allylic oxidation sites excluding steroid dienone is 8. The van der Waals surface area contributed by atoms with Crippen molar-refractivity contribution in [3.63, 3.8) is 0 Å². The molecule has 0 saturated heterocycles. The number of rotatable bonds is 12. The van der Waals surface area contributed by atoms with Gasteiger partial charge in [-0.1, -0.05) is 108 Å². The summed E-state index contributed by atoms with van der Waals surface area (Å²) in [5.74, 6) is 0. The molecule has 0 aromatic heterocycles. The molecule has 0 saturated carbocycles. The Hall–Kier alpha value is -2.84. The molecule has 2 aliphatic heterocycles. The van der Waals surface area contributed by atoms with Gasteiger partial charge in [-0.05, 0) is 49.8 Å². The van der Waals surface area contributed by atoms with Gasteiger partial charge in [0, 0.05) is 47.5 Å². The zero-order valence-corrected chi connectivity index (χ0v) is 26.3. The average Bonchev–Trinajstić information content (AvgIpc) is 3.40. The molecule has 0 bridgehead atoms. The van der Waals surface area contributed by atoms with Crippen LogP contribution in [0.2, 0.25) is 0 Å². The molecule has 4 rings (SSSR count). The maximum atomic E-state index is 2.56. The van der Waals surface area contributed by atoms with Crippen molar-refractivity contribution < 1.29 is 17.0 Å². The summed E-state index contributed by atoms with van der Waals surface area (Å²) in [7, 11) is 0. The lowest BCUT2D eigenvalue weighted by atomic mass is 9.73. The first-order valence-electron chi connectivity index (χ1n) is 15.4. The molecule has 3 heteroatoms. The van der Waals surface area contributed by atoms with Gasteiger partial charge >= 0.3 is 0 Å². The Kier molecular flexibility index (Phi) is 11.2. The van der Waals surface area contributed by atoms with Gasteiger partial charge in [-0.2, -0.15) is 4.58 Å². The minimum Gasteiger partial charge on any atom is -1.00 e. The quantitative estimate of drug-likeness (QED) is 0.206. The van der Waals surface area contributed by atoms with Gasteiger partial charge in [0.05, 0.1) is 5.41 Å². The standard InChI is InChI=1S/C37H49N2.ClH/c1-7-28-38-32-24-20-18-22-30(32)36(9-3,10-4)34(38)26-16-14-13-15-17-27-35-37(11-5,12-6)31-23-19-21-25-33(31)39(35)29-8-2;/h13-27H,7-12,28-29H2,1-6H3;1H/q+1;/p-1. The second-order valence-corrected chi connectivity index (χ2v) is 11.0. The zero-order chi connectivity index (χ0) is 27.9. The average molecular weight is 557 g/mol. The van der Waals surface area contributed by atoms with Crippen molar-refractivity contribution in [3.05, 3.63) is 108 Å². The molecule has 0 spiro atoms. The van der Waals surface area contributed by atoms with Crippen molar-refractivity contribution in [1.29, 1.82) is 0 Å². The molecule has 214 valence electrons. The minimum absolute atomic E-state index is 0. The highest BCUT2D eigenvalue weighted by molar-refractivity contribution is 6.03. The summed E-state index contributed by atoms with van der Waals surface area (Å²) in [6.07, 6.45) is 22.5. The third-order valence-electron chi connectivity index (χ3n) is 9.24. The smallest absolute Gasteiger partial charge is 0.209 e. The number of hydrogen-bond donors (Lipinski definition) is 0. The molecule has 0 unspecified atom stereocenters. The van der Waals surface area contributed by atoms with Crippen molar-refractivity contribution in [2.24, 2.45) is 0 Å². The molecule has 2 aromatic carbocycles. The molecule has 2 nitrogen and oxygen atoms in total. The van der Waals surface area contributed by atoms with Crippen molar-refractivity contribution in [3.8, 4) is 0 Å². The predicted octanol–water partition coefficient (Wildman–Crippen LogP) is 6.80. The van der Waals surface area contributed by atoms with Crippen LogP contribution in [0.15, 0.2) is 96.8 Å². The van der Waals surface area contributed by atoms with Gasteiger partial charge in [0.25, 0.3) is 0 Å². The summed E-state index contributed by atoms with van der Waals surface area (Å²) >= 11 is 0. The van der Waals surface area contributed by atoms with E-state index in [4.69, 9.17) is 0 Å². The number of nitrogens with zero attached hydrogens (tertiary/aromatic N) is 2. The number of hydrogen-bond acceptors (Lipinski definition) is 1. The highest BCUT2D eigenvalue weighted by Crippen LogP contribution is 2.52. The Morgan fingerprint density at radius 2 is 1.27 bits per heavy atom. The van der Waals surface area contributed by atoms with Crippen molar-refractivity contribution in [2.75, 3.05) is 18.0 Å². The summed E-state index contributed by atoms with van der Waals surface area (Å²) < 4.78 is 2.56. The molecule has 2 aromatic rings. The predicted molar refractivity (Wildman–Crippen MR) is 171 cm³/mol. The SMILES string of the molecule is CCCN1C(=CC=CC=CC=CC2=[N+](CCC)c3ccccc3C2(CC)CC)C(CC)(CC)c2ccccc21.[Cl-]. The van der Waals surface area contributed by atoms with E-state index in [9.17, 15) is 0 Å². The molecule has 2 heterocycles. The fourth-order valence-corrected chi connectivity index (χ4v) is 7.18. The highest BCUT2D eigenvalue weighted by atomic mass is 35.5. The first kappa shape index (κ1) is 31.7. The minimum atomic E-state index is 0. The maximum Gasteiger partial charge on any atom is 0.209 e. The van der Waals surface area contributed by atoms with Crippen molar-refractivity contribution in [2.45, 2.75) is 90.9 Å². The number of fused-ring (bicyclic) bond motifs is 2. The van der Waals surface area contributed by atoms with Crippen LogP contribution < -0.4 is 17.3 Å². The lowest BCUT2D eigenvalue weighted by molar-refractivity contribution is -0.437. The normalized spacial score (nSPS) is 18.4. The topological polar surface area (TPSA) is 6.25 Å². The van der Waals surface area contributed by atoms with E-state index < -0.39 is 0 Å². The van der Waals surface area contributed by atoms with Crippen LogP contribution in [-0.4, -0.2) is 23.4 Å². The number of halogens is 1. The maximum absolute atomic E-state index is 2.56. The van der Waals surface area contributed by atoms with Gasteiger partial charge in [0.15, 0.2) is 5.71 Å². The Morgan fingerprint density at radius 3 is 1.93 bits per heavy atom. The van der Waals surface area contributed by atoms with Crippen LogP contribution in [0.4, 0.5) is 11.4 Å². The molecular weight excluding hydrogens is 508 g/mol. The molecule has 40 heavy (non-hydrogen) atoms. The number of benzene rings is 2. The van der Waals surface area contributed by atoms with Gasteiger partial charge in [-0.15, -0.1) is 0 Å². The largest absolute Gasteiger partial charge is 1.00 e. The van der Waals surface area contributed by atoms with E-state index in [-0.39, 0.29) is 23.2 Å². The Balaban J connectivity index is 0.00000441. The molecule has 0 atom stereocenters. The first-order valence-corrected chi connectivity index (χ1v) is 15.4. The van der Waals surface area contributed by atoms with E-state index >= 15 is 0 Å². The lowest BCUT2D eigenvalue weighted by Gasteiger charge is -2.32. The van der Waals surface area contributed by atoms with Crippen LogP contribution in [0.5, 0.6) is 0 Å². The summed E-state index contributed by atoms with van der Waals surface area (Å²) in [5.41, 5.74) is 8.85. The third kappa shape index (κ3) is 5.40. The Bertz CT molecular complexity index is 1280. The van der Waals surface area contributed by atoms with Gasteiger partial charge in [0.1, 0.15) is 6.54 Å². The van der Waals surface area contributed by atoms with Gasteiger partial charge in [-0.3, -0.25) is 0 Å². The first-order chi connectivity index (χ1) is 19.1. The third-order valence-corrected chi connectivity index (χ3v) is 9.24. The van der Waals surface area contributed by atoms with E-state index in [0.717, 1.165) is 51.6 Å². The van der Waals surface area contributed by atoms with Crippen LogP contribution >= 0.6 is 0 Å². The molecular formula is C37H49ClN2. The van der Waals surface area contributed by atoms with Crippen LogP contribution in [0, 0.1) is 0 Å². The molecule has 0 fully saturated rings. The van der Waals surface area contributed by atoms with E-state index in [1.807, 2.05) is 0 Å². The molecule has 0 amide bonds. The number of anilines is 1. The molecule has 2 aliphatic rings. The Labute approximate surface area is 250 Å². The van der Waals surface area contributed by atoms with E-state index in [0.29, 0.717) is 0 Å². The van der Waals surface area contributed by atoms with Crippen LogP contribution in [0.1, 0.15) is 91.2 Å². The second-order valence-electron chi connectivity index (χ2n) is 11.0. The number of para-hydroxylation sites is 2. The summed E-state index contributed by atoms with van der Waals surface area (Å²) in [6, 6.07) is 18.0. The monoisotopic (exact) mass is 556 g/mol. The van der Waals surface area contributed by atoms with Gasteiger partial charge in [-0.25, -0.2) is 0 Å². The second kappa shape index (κ2) is 14.2. The Morgan fingerprint density at radius 1 is 0.675 bits per heavy atom. The van der Waals surface area contributed by atoms with Crippen molar-refractivity contribution >= 4 is 17.1 Å².